The molecule has 2 fully saturated rings. The van der Waals surface area contributed by atoms with E-state index in [1.54, 1.807) is 42.5 Å². The zero-order valence-corrected chi connectivity index (χ0v) is 22.3. The average Bonchev–Trinajstić information content (AvgIpc) is 2.87. The molecule has 1 aliphatic heterocycles. The van der Waals surface area contributed by atoms with Crippen molar-refractivity contribution in [1.82, 2.24) is 9.62 Å². The molecule has 4 rings (SSSR count). The smallest absolute Gasteiger partial charge is 0.253 e. The van der Waals surface area contributed by atoms with Gasteiger partial charge in [0.05, 0.1) is 22.9 Å². The number of amides is 2. The first-order valence-electron chi connectivity index (χ1n) is 12.4. The van der Waals surface area contributed by atoms with Gasteiger partial charge in [-0.25, -0.2) is 12.7 Å². The van der Waals surface area contributed by atoms with Crippen LogP contribution in [-0.4, -0.2) is 43.7 Å². The molecule has 2 aromatic carbocycles. The van der Waals surface area contributed by atoms with Gasteiger partial charge in [0, 0.05) is 34.7 Å². The Morgan fingerprint density at radius 3 is 2.33 bits per heavy atom. The van der Waals surface area contributed by atoms with Crippen LogP contribution in [0.25, 0.3) is 0 Å². The van der Waals surface area contributed by atoms with Crippen LogP contribution in [0, 0.1) is 5.92 Å². The Hall–Kier alpha value is -2.13. The number of halogens is 2. The molecule has 194 valence electrons. The lowest BCUT2D eigenvalue weighted by Crippen LogP contribution is -2.44. The molecule has 1 saturated heterocycles. The molecular weight excluding hydrogens is 521 g/mol. The zero-order chi connectivity index (χ0) is 25.7. The third kappa shape index (κ3) is 6.59. The maximum Gasteiger partial charge on any atom is 0.253 e. The van der Waals surface area contributed by atoms with E-state index in [4.69, 9.17) is 23.2 Å². The van der Waals surface area contributed by atoms with Crippen molar-refractivity contribution in [3.8, 4) is 0 Å². The summed E-state index contributed by atoms with van der Waals surface area (Å²) in [6.07, 6.45) is 6.44. The minimum absolute atomic E-state index is 0.0622. The van der Waals surface area contributed by atoms with E-state index < -0.39 is 15.9 Å². The molecule has 10 heteroatoms. The van der Waals surface area contributed by atoms with Gasteiger partial charge >= 0.3 is 0 Å². The van der Waals surface area contributed by atoms with Crippen LogP contribution in [0.2, 0.25) is 10.0 Å². The molecule has 1 heterocycles. The second-order valence-electron chi connectivity index (χ2n) is 9.50. The largest absolute Gasteiger partial charge is 0.349 e. The van der Waals surface area contributed by atoms with Gasteiger partial charge in [0.1, 0.15) is 0 Å². The molecule has 2 aliphatic rings. The lowest BCUT2D eigenvalue weighted by atomic mass is 9.95. The molecule has 2 aromatic rings. The number of hydrogen-bond acceptors (Lipinski definition) is 4. The molecule has 1 saturated carbocycles. The van der Waals surface area contributed by atoms with Crippen LogP contribution >= 0.6 is 23.2 Å². The number of piperidine rings is 1. The quantitative estimate of drug-likeness (QED) is 0.492. The second-order valence-corrected chi connectivity index (χ2v) is 12.3. The average molecular weight is 553 g/mol. The van der Waals surface area contributed by atoms with Crippen molar-refractivity contribution in [3.05, 3.63) is 63.6 Å². The fraction of sp³-hybridized carbons (Fsp3) is 0.462. The number of carbonyl (C=O) groups is 2. The molecule has 2 amide bonds. The second kappa shape index (κ2) is 11.9. The number of hydrogen-bond donors (Lipinski definition) is 2. The monoisotopic (exact) mass is 551 g/mol. The van der Waals surface area contributed by atoms with E-state index >= 15 is 0 Å². The molecule has 1 atom stereocenters. The number of anilines is 1. The normalized spacial score (nSPS) is 19.6. The first kappa shape index (κ1) is 26.9. The minimum Gasteiger partial charge on any atom is -0.349 e. The molecule has 0 unspecified atom stereocenters. The number of para-hydroxylation sites is 1. The third-order valence-corrected chi connectivity index (χ3v) is 9.39. The summed E-state index contributed by atoms with van der Waals surface area (Å²) in [6.45, 7) is 0.390. The maximum atomic E-state index is 13.2. The van der Waals surface area contributed by atoms with Crippen LogP contribution < -0.4 is 10.6 Å². The van der Waals surface area contributed by atoms with E-state index in [1.165, 1.54) is 10.7 Å². The maximum absolute atomic E-state index is 13.2. The summed E-state index contributed by atoms with van der Waals surface area (Å²) < 4.78 is 27.6. The summed E-state index contributed by atoms with van der Waals surface area (Å²) in [4.78, 5) is 26.1. The molecule has 1 aliphatic carbocycles. The summed E-state index contributed by atoms with van der Waals surface area (Å²) in [5.41, 5.74) is 1.19. The molecule has 0 spiro atoms. The van der Waals surface area contributed by atoms with Gasteiger partial charge in [-0.05, 0) is 49.9 Å². The predicted octanol–water partition coefficient (Wildman–Crippen LogP) is 5.24. The van der Waals surface area contributed by atoms with Gasteiger partial charge in [-0.3, -0.25) is 9.59 Å². The van der Waals surface area contributed by atoms with Crippen molar-refractivity contribution in [3.63, 3.8) is 0 Å². The van der Waals surface area contributed by atoms with E-state index in [9.17, 15) is 18.0 Å². The van der Waals surface area contributed by atoms with Crippen LogP contribution in [0.15, 0.2) is 42.5 Å². The van der Waals surface area contributed by atoms with E-state index in [0.29, 0.717) is 46.2 Å². The predicted molar refractivity (Wildman–Crippen MR) is 143 cm³/mol. The Morgan fingerprint density at radius 2 is 1.61 bits per heavy atom. The van der Waals surface area contributed by atoms with E-state index in [2.05, 4.69) is 10.6 Å². The van der Waals surface area contributed by atoms with Gasteiger partial charge in [0.25, 0.3) is 5.91 Å². The molecule has 7 nitrogen and oxygen atoms in total. The Kier molecular flexibility index (Phi) is 8.93. The Bertz CT molecular complexity index is 1200. The van der Waals surface area contributed by atoms with Gasteiger partial charge < -0.3 is 10.6 Å². The van der Waals surface area contributed by atoms with Gasteiger partial charge in [-0.15, -0.1) is 0 Å². The first-order valence-corrected chi connectivity index (χ1v) is 14.7. The van der Waals surface area contributed by atoms with E-state index in [1.807, 2.05) is 0 Å². The third-order valence-electron chi connectivity index (χ3n) is 6.91. The summed E-state index contributed by atoms with van der Waals surface area (Å²) in [6, 6.07) is 11.9. The van der Waals surface area contributed by atoms with Crippen molar-refractivity contribution in [2.24, 2.45) is 5.92 Å². The van der Waals surface area contributed by atoms with Crippen molar-refractivity contribution in [1.29, 1.82) is 0 Å². The van der Waals surface area contributed by atoms with Crippen molar-refractivity contribution in [2.45, 2.75) is 56.7 Å². The molecule has 2 N–H and O–H groups in total. The van der Waals surface area contributed by atoms with Crippen LogP contribution in [0.1, 0.15) is 60.9 Å². The Morgan fingerprint density at radius 1 is 0.917 bits per heavy atom. The number of sulfonamides is 1. The summed E-state index contributed by atoms with van der Waals surface area (Å²) >= 11 is 12.4. The van der Waals surface area contributed by atoms with E-state index in [-0.39, 0.29) is 30.2 Å². The molecule has 0 aromatic heterocycles. The van der Waals surface area contributed by atoms with Gasteiger partial charge in [0.15, 0.2) is 0 Å². The van der Waals surface area contributed by atoms with Crippen LogP contribution in [0.5, 0.6) is 0 Å². The highest BCUT2D eigenvalue weighted by atomic mass is 35.5. The fourth-order valence-corrected chi connectivity index (χ4v) is 7.25. The standard InChI is InChI=1S/C26H31Cl2N3O4S/c27-22-12-6-13-23(28)21(22)17-36(34,35)31-15-7-8-18(16-31)25(32)30-24-14-5-4-11-20(24)26(33)29-19-9-2-1-3-10-19/h4-6,11-14,18-19H,1-3,7-10,15-17H2,(H,29,33)(H,30,32)/t18-/m1/s1. The van der Waals surface area contributed by atoms with Crippen molar-refractivity contribution < 1.29 is 18.0 Å². The summed E-state index contributed by atoms with van der Waals surface area (Å²) in [5.74, 6) is -1.38. The number of benzene rings is 2. The van der Waals surface area contributed by atoms with Crippen LogP contribution in [-0.2, 0) is 20.6 Å². The number of rotatable bonds is 7. The minimum atomic E-state index is -3.74. The van der Waals surface area contributed by atoms with E-state index in [0.717, 1.165) is 25.7 Å². The Balaban J connectivity index is 1.42. The SMILES string of the molecule is O=C(NC1CCCCC1)c1ccccc1NC(=O)[C@@H]1CCCN(S(=O)(=O)Cc2c(Cl)cccc2Cl)C1. The molecule has 36 heavy (non-hydrogen) atoms. The summed E-state index contributed by atoms with van der Waals surface area (Å²) in [7, 11) is -3.74. The Labute approximate surface area is 222 Å². The number of nitrogens with zero attached hydrogens (tertiary/aromatic N) is 1. The van der Waals surface area contributed by atoms with Crippen LogP contribution in [0.4, 0.5) is 5.69 Å². The first-order chi connectivity index (χ1) is 17.2. The highest BCUT2D eigenvalue weighted by Gasteiger charge is 2.33. The number of nitrogens with one attached hydrogen (secondary N) is 2. The fourth-order valence-electron chi connectivity index (χ4n) is 4.89. The highest BCUT2D eigenvalue weighted by Crippen LogP contribution is 2.29. The van der Waals surface area contributed by atoms with Gasteiger partial charge in [-0.1, -0.05) is 60.7 Å². The lowest BCUT2D eigenvalue weighted by molar-refractivity contribution is -0.120. The topological polar surface area (TPSA) is 95.6 Å². The zero-order valence-electron chi connectivity index (χ0n) is 20.0. The van der Waals surface area contributed by atoms with Gasteiger partial charge in [0.2, 0.25) is 15.9 Å². The van der Waals surface area contributed by atoms with Crippen molar-refractivity contribution in [2.75, 3.05) is 18.4 Å². The molecule has 0 radical (unpaired) electrons. The van der Waals surface area contributed by atoms with Crippen molar-refractivity contribution >= 4 is 50.7 Å². The molecule has 0 bridgehead atoms. The molecular formula is C26H31Cl2N3O4S. The lowest BCUT2D eigenvalue weighted by Gasteiger charge is -2.31. The number of carbonyl (C=O) groups excluding carboxylic acids is 2. The van der Waals surface area contributed by atoms with Gasteiger partial charge in [-0.2, -0.15) is 0 Å². The van der Waals surface area contributed by atoms with Crippen LogP contribution in [0.3, 0.4) is 0 Å². The highest BCUT2D eigenvalue weighted by molar-refractivity contribution is 7.88. The summed E-state index contributed by atoms with van der Waals surface area (Å²) in [5, 5.41) is 6.55.